The Morgan fingerprint density at radius 1 is 0.967 bits per heavy atom. The number of hydrogen-bond acceptors (Lipinski definition) is 3. The van der Waals surface area contributed by atoms with Gasteiger partial charge >= 0.3 is 0 Å². The highest BCUT2D eigenvalue weighted by molar-refractivity contribution is 7.92. The smallest absolute Gasteiger partial charge is 0.263 e. The van der Waals surface area contributed by atoms with Crippen molar-refractivity contribution in [1.29, 1.82) is 0 Å². The Hall–Kier alpha value is -2.83. The molecule has 0 bridgehead atoms. The number of hydrogen-bond donors (Lipinski definition) is 2. The van der Waals surface area contributed by atoms with Gasteiger partial charge in [-0.2, -0.15) is 0 Å². The molecule has 3 rings (SSSR count). The summed E-state index contributed by atoms with van der Waals surface area (Å²) in [6.07, 6.45) is 0. The SMILES string of the molecule is Cc1cccc(NS(=O)(=O)c2cc(C(=O)NC(C)c3ccccc3)ccc2Cl)c1C. The maximum absolute atomic E-state index is 13.0. The van der Waals surface area contributed by atoms with Gasteiger partial charge in [-0.05, 0) is 61.7 Å². The van der Waals surface area contributed by atoms with Crippen LogP contribution >= 0.6 is 11.6 Å². The van der Waals surface area contributed by atoms with Gasteiger partial charge in [-0.15, -0.1) is 0 Å². The van der Waals surface area contributed by atoms with Gasteiger partial charge in [-0.25, -0.2) is 8.42 Å². The van der Waals surface area contributed by atoms with E-state index in [1.165, 1.54) is 18.2 Å². The third kappa shape index (κ3) is 4.83. The zero-order valence-electron chi connectivity index (χ0n) is 16.9. The first-order valence-corrected chi connectivity index (χ1v) is 11.3. The standard InChI is InChI=1S/C23H23ClN2O3S/c1-15-8-7-11-21(16(15)2)26-30(28,29)22-14-19(12-13-20(22)24)23(27)25-17(3)18-9-5-4-6-10-18/h4-14,17,26H,1-3H3,(H,25,27). The molecule has 0 saturated carbocycles. The highest BCUT2D eigenvalue weighted by Crippen LogP contribution is 2.27. The molecular weight excluding hydrogens is 420 g/mol. The molecule has 0 aliphatic carbocycles. The van der Waals surface area contributed by atoms with Crippen LogP contribution in [-0.4, -0.2) is 14.3 Å². The summed E-state index contributed by atoms with van der Waals surface area (Å²) in [6, 6.07) is 18.9. The molecule has 30 heavy (non-hydrogen) atoms. The van der Waals surface area contributed by atoms with E-state index in [9.17, 15) is 13.2 Å². The first kappa shape index (κ1) is 21.9. The molecule has 1 unspecified atom stereocenters. The minimum absolute atomic E-state index is 0.0421. The third-order valence-electron chi connectivity index (χ3n) is 4.98. The predicted octanol–water partition coefficient (Wildman–Crippen LogP) is 5.25. The first-order chi connectivity index (χ1) is 14.2. The minimum Gasteiger partial charge on any atom is -0.346 e. The zero-order chi connectivity index (χ0) is 21.9. The van der Waals surface area contributed by atoms with Gasteiger partial charge < -0.3 is 5.32 Å². The highest BCUT2D eigenvalue weighted by Gasteiger charge is 2.22. The number of rotatable bonds is 6. The van der Waals surface area contributed by atoms with Crippen LogP contribution in [0.4, 0.5) is 5.69 Å². The van der Waals surface area contributed by atoms with Crippen molar-refractivity contribution >= 4 is 33.2 Å². The second-order valence-electron chi connectivity index (χ2n) is 7.10. The summed E-state index contributed by atoms with van der Waals surface area (Å²) in [6.45, 7) is 5.60. The van der Waals surface area contributed by atoms with Crippen molar-refractivity contribution in [2.45, 2.75) is 31.7 Å². The molecule has 0 aromatic heterocycles. The van der Waals surface area contributed by atoms with Gasteiger partial charge in [0.2, 0.25) is 0 Å². The lowest BCUT2D eigenvalue weighted by Gasteiger charge is -2.16. The van der Waals surface area contributed by atoms with Gasteiger partial charge in [0.05, 0.1) is 16.8 Å². The molecule has 0 aliphatic heterocycles. The predicted molar refractivity (Wildman–Crippen MR) is 120 cm³/mol. The number of carbonyl (C=O) groups is 1. The van der Waals surface area contributed by atoms with Crippen molar-refractivity contribution < 1.29 is 13.2 Å². The minimum atomic E-state index is -3.98. The second-order valence-corrected chi connectivity index (χ2v) is 9.16. The molecule has 7 heteroatoms. The number of halogens is 1. The molecule has 0 radical (unpaired) electrons. The lowest BCUT2D eigenvalue weighted by molar-refractivity contribution is 0.0939. The summed E-state index contributed by atoms with van der Waals surface area (Å²) in [5, 5.41) is 2.92. The van der Waals surface area contributed by atoms with E-state index in [0.717, 1.165) is 16.7 Å². The Balaban J connectivity index is 1.87. The average molecular weight is 443 g/mol. The Morgan fingerprint density at radius 3 is 2.37 bits per heavy atom. The van der Waals surface area contributed by atoms with Crippen LogP contribution in [0.2, 0.25) is 5.02 Å². The molecule has 2 N–H and O–H groups in total. The molecule has 1 amide bonds. The topological polar surface area (TPSA) is 75.3 Å². The molecule has 1 atom stereocenters. The van der Waals surface area contributed by atoms with Gasteiger partial charge in [0, 0.05) is 5.56 Å². The fourth-order valence-corrected chi connectivity index (χ4v) is 4.67. The molecule has 5 nitrogen and oxygen atoms in total. The molecule has 0 aliphatic rings. The summed E-state index contributed by atoms with van der Waals surface area (Å²) in [5.74, 6) is -0.383. The van der Waals surface area contributed by atoms with Crippen molar-refractivity contribution in [2.75, 3.05) is 4.72 Å². The fraction of sp³-hybridized carbons (Fsp3) is 0.174. The summed E-state index contributed by atoms with van der Waals surface area (Å²) in [7, 11) is -3.98. The molecular formula is C23H23ClN2O3S. The van der Waals surface area contributed by atoms with E-state index in [2.05, 4.69) is 10.0 Å². The molecule has 3 aromatic rings. The number of benzene rings is 3. The Kier molecular flexibility index (Phi) is 6.48. The Labute approximate surface area is 182 Å². The van der Waals surface area contributed by atoms with Crippen molar-refractivity contribution in [3.8, 4) is 0 Å². The number of amides is 1. The van der Waals surface area contributed by atoms with E-state index in [1.807, 2.05) is 57.2 Å². The largest absolute Gasteiger partial charge is 0.346 e. The summed E-state index contributed by atoms with van der Waals surface area (Å²) < 4.78 is 28.5. The van der Waals surface area contributed by atoms with E-state index in [4.69, 9.17) is 11.6 Å². The summed E-state index contributed by atoms with van der Waals surface area (Å²) in [5.41, 5.74) is 3.42. The maximum Gasteiger partial charge on any atom is 0.263 e. The van der Waals surface area contributed by atoms with Crippen LogP contribution in [0.15, 0.2) is 71.6 Å². The van der Waals surface area contributed by atoms with E-state index in [1.54, 1.807) is 12.1 Å². The number of sulfonamides is 1. The third-order valence-corrected chi connectivity index (χ3v) is 6.83. The molecule has 0 heterocycles. The van der Waals surface area contributed by atoms with E-state index in [0.29, 0.717) is 5.69 Å². The summed E-state index contributed by atoms with van der Waals surface area (Å²) in [4.78, 5) is 12.6. The van der Waals surface area contributed by atoms with Crippen LogP contribution in [0.25, 0.3) is 0 Å². The van der Waals surface area contributed by atoms with Gasteiger partial charge in [0.1, 0.15) is 4.90 Å². The van der Waals surface area contributed by atoms with Crippen LogP contribution in [-0.2, 0) is 10.0 Å². The van der Waals surface area contributed by atoms with Gasteiger partial charge in [0.25, 0.3) is 15.9 Å². The van der Waals surface area contributed by atoms with Crippen molar-refractivity contribution in [3.63, 3.8) is 0 Å². The van der Waals surface area contributed by atoms with Gasteiger partial charge in [0.15, 0.2) is 0 Å². The Morgan fingerprint density at radius 2 is 1.67 bits per heavy atom. The van der Waals surface area contributed by atoms with Crippen molar-refractivity contribution in [2.24, 2.45) is 0 Å². The van der Waals surface area contributed by atoms with Crippen molar-refractivity contribution in [3.05, 3.63) is 94.0 Å². The van der Waals surface area contributed by atoms with Crippen LogP contribution in [0.1, 0.15) is 40.0 Å². The summed E-state index contributed by atoms with van der Waals surface area (Å²) >= 11 is 6.17. The number of nitrogens with one attached hydrogen (secondary N) is 2. The average Bonchev–Trinajstić information content (AvgIpc) is 2.72. The fourth-order valence-electron chi connectivity index (χ4n) is 3.02. The van der Waals surface area contributed by atoms with Crippen LogP contribution in [0.5, 0.6) is 0 Å². The van der Waals surface area contributed by atoms with Crippen LogP contribution in [0, 0.1) is 13.8 Å². The lowest BCUT2D eigenvalue weighted by atomic mass is 10.1. The second kappa shape index (κ2) is 8.90. The lowest BCUT2D eigenvalue weighted by Crippen LogP contribution is -2.27. The van der Waals surface area contributed by atoms with E-state index >= 15 is 0 Å². The van der Waals surface area contributed by atoms with Crippen LogP contribution < -0.4 is 10.0 Å². The first-order valence-electron chi connectivity index (χ1n) is 9.43. The van der Waals surface area contributed by atoms with Crippen LogP contribution in [0.3, 0.4) is 0 Å². The van der Waals surface area contributed by atoms with Crippen molar-refractivity contribution in [1.82, 2.24) is 5.32 Å². The molecule has 0 spiro atoms. The van der Waals surface area contributed by atoms with Gasteiger partial charge in [-0.3, -0.25) is 9.52 Å². The van der Waals surface area contributed by atoms with E-state index in [-0.39, 0.29) is 27.4 Å². The maximum atomic E-state index is 13.0. The molecule has 0 fully saturated rings. The molecule has 0 saturated heterocycles. The quantitative estimate of drug-likeness (QED) is 0.547. The Bertz CT molecular complexity index is 1180. The highest BCUT2D eigenvalue weighted by atomic mass is 35.5. The normalized spacial score (nSPS) is 12.3. The number of aryl methyl sites for hydroxylation is 1. The number of anilines is 1. The van der Waals surface area contributed by atoms with Gasteiger partial charge in [-0.1, -0.05) is 54.1 Å². The van der Waals surface area contributed by atoms with E-state index < -0.39 is 10.0 Å². The monoisotopic (exact) mass is 442 g/mol. The molecule has 3 aromatic carbocycles. The zero-order valence-corrected chi connectivity index (χ0v) is 18.5. The molecule has 156 valence electrons. The number of carbonyl (C=O) groups excluding carboxylic acids is 1.